The first-order valence-electron chi connectivity index (χ1n) is 8.93. The Morgan fingerprint density at radius 2 is 1.90 bits per heavy atom. The molecule has 0 bridgehead atoms. The zero-order chi connectivity index (χ0) is 20.4. The number of thioether (sulfide) groups is 1. The Morgan fingerprint density at radius 1 is 1.10 bits per heavy atom. The van der Waals surface area contributed by atoms with Crippen LogP contribution in [0.25, 0.3) is 22.4 Å². The predicted octanol–water partition coefficient (Wildman–Crippen LogP) is 4.60. The largest absolute Gasteiger partial charge is 0.493 e. The molecule has 1 atom stereocenters. The molecule has 1 N–H and O–H groups in total. The van der Waals surface area contributed by atoms with Gasteiger partial charge in [-0.15, -0.1) is 10.2 Å². The van der Waals surface area contributed by atoms with Crippen LogP contribution in [0.3, 0.4) is 0 Å². The Balaban J connectivity index is 1.52. The molecule has 0 aliphatic heterocycles. The van der Waals surface area contributed by atoms with Gasteiger partial charge in [-0.3, -0.25) is 4.79 Å². The molecule has 4 aromatic rings. The highest BCUT2D eigenvalue weighted by molar-refractivity contribution is 8.00. The monoisotopic (exact) mass is 409 g/mol. The third-order valence-corrected chi connectivity index (χ3v) is 5.47. The zero-order valence-corrected chi connectivity index (χ0v) is 16.9. The number of hydrogen-bond acceptors (Lipinski definition) is 7. The minimum atomic E-state index is -0.382. The van der Waals surface area contributed by atoms with Crippen molar-refractivity contribution >= 4 is 28.4 Å². The van der Waals surface area contributed by atoms with Crippen molar-refractivity contribution in [3.63, 3.8) is 0 Å². The summed E-state index contributed by atoms with van der Waals surface area (Å²) in [5.41, 5.74) is 2.29. The van der Waals surface area contributed by atoms with Gasteiger partial charge in [0.2, 0.25) is 5.89 Å². The number of nitrogens with zero attached hydrogens (tertiary/aromatic N) is 2. The van der Waals surface area contributed by atoms with E-state index in [9.17, 15) is 4.79 Å². The van der Waals surface area contributed by atoms with E-state index in [1.807, 2.05) is 37.3 Å². The van der Waals surface area contributed by atoms with Gasteiger partial charge in [0.05, 0.1) is 19.5 Å². The Hall–Kier alpha value is -3.26. The van der Waals surface area contributed by atoms with Gasteiger partial charge in [0, 0.05) is 28.2 Å². The molecule has 2 aromatic heterocycles. The molecule has 0 aliphatic carbocycles. The average molecular weight is 409 g/mol. The molecule has 0 saturated carbocycles. The van der Waals surface area contributed by atoms with Crippen molar-refractivity contribution in [2.45, 2.75) is 17.4 Å². The van der Waals surface area contributed by atoms with Gasteiger partial charge in [0.1, 0.15) is 0 Å². The molecule has 0 saturated heterocycles. The van der Waals surface area contributed by atoms with Crippen LogP contribution in [0.5, 0.6) is 11.5 Å². The second-order valence-corrected chi connectivity index (χ2v) is 7.61. The summed E-state index contributed by atoms with van der Waals surface area (Å²) in [5, 5.41) is 9.01. The van der Waals surface area contributed by atoms with Gasteiger partial charge in [-0.05, 0) is 31.2 Å². The molecule has 7 nitrogen and oxygen atoms in total. The number of Topliss-reactive ketones (excluding diaryl/α,β-unsaturated/α-hetero) is 1. The van der Waals surface area contributed by atoms with E-state index in [0.717, 1.165) is 10.9 Å². The van der Waals surface area contributed by atoms with Crippen LogP contribution in [0.1, 0.15) is 17.3 Å². The summed E-state index contributed by atoms with van der Waals surface area (Å²) in [5.74, 6) is 1.53. The smallest absolute Gasteiger partial charge is 0.277 e. The summed E-state index contributed by atoms with van der Waals surface area (Å²) in [6, 6.07) is 13.1. The highest BCUT2D eigenvalue weighted by Crippen LogP contribution is 2.34. The predicted molar refractivity (Wildman–Crippen MR) is 111 cm³/mol. The van der Waals surface area contributed by atoms with Crippen molar-refractivity contribution in [2.24, 2.45) is 0 Å². The number of carbonyl (C=O) groups is 1. The molecule has 0 amide bonds. The summed E-state index contributed by atoms with van der Waals surface area (Å²) in [4.78, 5) is 16.0. The Labute approximate surface area is 171 Å². The highest BCUT2D eigenvalue weighted by atomic mass is 32.2. The maximum atomic E-state index is 12.9. The van der Waals surface area contributed by atoms with Crippen molar-refractivity contribution < 1.29 is 18.7 Å². The van der Waals surface area contributed by atoms with Gasteiger partial charge in [-0.2, -0.15) is 0 Å². The number of rotatable bonds is 7. The fourth-order valence-corrected chi connectivity index (χ4v) is 3.79. The summed E-state index contributed by atoms with van der Waals surface area (Å²) in [6.45, 7) is 1.83. The summed E-state index contributed by atoms with van der Waals surface area (Å²) < 4.78 is 16.3. The minimum Gasteiger partial charge on any atom is -0.493 e. The Morgan fingerprint density at radius 3 is 2.69 bits per heavy atom. The van der Waals surface area contributed by atoms with Gasteiger partial charge < -0.3 is 18.9 Å². The topological polar surface area (TPSA) is 90.2 Å². The van der Waals surface area contributed by atoms with E-state index in [0.29, 0.717) is 33.7 Å². The number of para-hydroxylation sites is 1. The number of ketones is 1. The SMILES string of the molecule is COc1ccc(-c2nnc(SC(C)C(=O)c3c[nH]c4ccccc34)o2)cc1OC. The van der Waals surface area contributed by atoms with E-state index in [1.165, 1.54) is 11.8 Å². The Bertz CT molecular complexity index is 1170. The number of hydrogen-bond donors (Lipinski definition) is 1. The van der Waals surface area contributed by atoms with Crippen LogP contribution in [-0.2, 0) is 0 Å². The number of carbonyl (C=O) groups excluding carboxylic acids is 1. The first kappa shape index (κ1) is 19.1. The molecule has 0 fully saturated rings. The molecular weight excluding hydrogens is 390 g/mol. The fraction of sp³-hybridized carbons (Fsp3) is 0.190. The molecule has 4 rings (SSSR count). The molecule has 0 radical (unpaired) electrons. The van der Waals surface area contributed by atoms with Gasteiger partial charge in [-0.25, -0.2) is 0 Å². The minimum absolute atomic E-state index is 0.00156. The number of aromatic amines is 1. The van der Waals surface area contributed by atoms with Gasteiger partial charge in [-0.1, -0.05) is 30.0 Å². The van der Waals surface area contributed by atoms with Crippen LogP contribution in [-0.4, -0.2) is 40.4 Å². The average Bonchev–Trinajstić information content (AvgIpc) is 3.39. The van der Waals surface area contributed by atoms with E-state index in [2.05, 4.69) is 15.2 Å². The maximum absolute atomic E-state index is 12.9. The fourth-order valence-electron chi connectivity index (χ4n) is 3.04. The lowest BCUT2D eigenvalue weighted by atomic mass is 10.1. The number of nitrogens with one attached hydrogen (secondary N) is 1. The molecule has 8 heteroatoms. The molecule has 148 valence electrons. The second kappa shape index (κ2) is 8.00. The van der Waals surface area contributed by atoms with Gasteiger partial charge in [0.25, 0.3) is 5.22 Å². The summed E-state index contributed by atoms with van der Waals surface area (Å²) in [7, 11) is 3.14. The molecule has 0 aliphatic rings. The van der Waals surface area contributed by atoms with Crippen LogP contribution in [0.2, 0.25) is 0 Å². The third-order valence-electron chi connectivity index (χ3n) is 4.54. The standard InChI is InChI=1S/C21H19N3O4S/c1-12(19(25)15-11-22-16-7-5-4-6-14(15)16)29-21-24-23-20(28-21)13-8-9-17(26-2)18(10-13)27-3/h4-12,22H,1-3H3. The van der Waals surface area contributed by atoms with Crippen LogP contribution in [0.4, 0.5) is 0 Å². The lowest BCUT2D eigenvalue weighted by molar-refractivity contribution is 0.0995. The normalized spacial score (nSPS) is 12.1. The number of fused-ring (bicyclic) bond motifs is 1. The molecule has 2 aromatic carbocycles. The number of benzene rings is 2. The number of H-pyrrole nitrogens is 1. The van der Waals surface area contributed by atoms with Crippen LogP contribution in [0, 0.1) is 0 Å². The van der Waals surface area contributed by atoms with Gasteiger partial charge >= 0.3 is 0 Å². The highest BCUT2D eigenvalue weighted by Gasteiger charge is 2.22. The molecule has 1 unspecified atom stereocenters. The molecule has 0 spiro atoms. The van der Waals surface area contributed by atoms with E-state index in [-0.39, 0.29) is 11.0 Å². The van der Waals surface area contributed by atoms with Gasteiger partial charge in [0.15, 0.2) is 17.3 Å². The van der Waals surface area contributed by atoms with E-state index >= 15 is 0 Å². The number of methoxy groups -OCH3 is 2. The van der Waals surface area contributed by atoms with Crippen molar-refractivity contribution in [1.29, 1.82) is 0 Å². The summed E-state index contributed by atoms with van der Waals surface area (Å²) >= 11 is 1.23. The molecule has 2 heterocycles. The van der Waals surface area contributed by atoms with E-state index < -0.39 is 0 Å². The zero-order valence-electron chi connectivity index (χ0n) is 16.1. The van der Waals surface area contributed by atoms with Crippen LogP contribution < -0.4 is 9.47 Å². The van der Waals surface area contributed by atoms with Crippen molar-refractivity contribution in [3.05, 3.63) is 54.2 Å². The first-order chi connectivity index (χ1) is 14.1. The maximum Gasteiger partial charge on any atom is 0.277 e. The number of aromatic nitrogens is 3. The summed E-state index contributed by atoms with van der Waals surface area (Å²) in [6.07, 6.45) is 1.74. The van der Waals surface area contributed by atoms with Crippen LogP contribution in [0.15, 0.2) is 58.3 Å². The number of ether oxygens (including phenoxy) is 2. The lowest BCUT2D eigenvalue weighted by Crippen LogP contribution is -2.13. The third kappa shape index (κ3) is 3.71. The van der Waals surface area contributed by atoms with Crippen LogP contribution >= 0.6 is 11.8 Å². The van der Waals surface area contributed by atoms with E-state index in [4.69, 9.17) is 13.9 Å². The lowest BCUT2D eigenvalue weighted by Gasteiger charge is -2.08. The van der Waals surface area contributed by atoms with Crippen molar-refractivity contribution in [1.82, 2.24) is 15.2 Å². The van der Waals surface area contributed by atoms with E-state index in [1.54, 1.807) is 32.5 Å². The molecular formula is C21H19N3O4S. The Kier molecular flexibility index (Phi) is 5.26. The van der Waals surface area contributed by atoms with Crippen molar-refractivity contribution in [2.75, 3.05) is 14.2 Å². The van der Waals surface area contributed by atoms with Crippen molar-refractivity contribution in [3.8, 4) is 23.0 Å². The quantitative estimate of drug-likeness (QED) is 0.352. The first-order valence-corrected chi connectivity index (χ1v) is 9.81. The second-order valence-electron chi connectivity index (χ2n) is 6.32. The molecule has 29 heavy (non-hydrogen) atoms.